The Bertz CT molecular complexity index is 530. The number of rotatable bonds is 1. The maximum Gasteiger partial charge on any atom is 0.653 e. The van der Waals surface area contributed by atoms with Crippen LogP contribution < -0.4 is 11.2 Å². The van der Waals surface area contributed by atoms with E-state index >= 15 is 0 Å². The van der Waals surface area contributed by atoms with Gasteiger partial charge in [0.15, 0.2) is 0 Å². The predicted octanol–water partition coefficient (Wildman–Crippen LogP) is 3.49. The number of hydrazine groups is 1. The first-order valence-electron chi connectivity index (χ1n) is 8.69. The molecule has 1 saturated carbocycles. The van der Waals surface area contributed by atoms with Crippen molar-refractivity contribution >= 4 is 12.2 Å². The minimum atomic E-state index is -0.770. The molecule has 25 heavy (non-hydrogen) atoms. The summed E-state index contributed by atoms with van der Waals surface area (Å²) in [6, 6.07) is -0.175. The molecule has 0 aromatic rings. The number of amides is 2. The van der Waals surface area contributed by atoms with E-state index in [1.807, 2.05) is 6.92 Å². The molecular formula is C17H33N4O4+. The fraction of sp³-hybridized carbons (Fsp3) is 0.882. The second-order valence-electron chi connectivity index (χ2n) is 8.93. The molecule has 0 aliphatic heterocycles. The van der Waals surface area contributed by atoms with Gasteiger partial charge in [-0.05, 0) is 74.1 Å². The average Bonchev–Trinajstić information content (AvgIpc) is 2.32. The highest BCUT2D eigenvalue weighted by Crippen LogP contribution is 2.27. The summed E-state index contributed by atoms with van der Waals surface area (Å²) in [7, 11) is 0. The SMILES string of the molecule is CC(C)(C)OC(=O)N[N+](=N[C@@H]1CCC[C@@](C)(N)C1)C(=O)OC(C)(C)C. The van der Waals surface area contributed by atoms with Crippen LogP contribution in [0.4, 0.5) is 9.59 Å². The summed E-state index contributed by atoms with van der Waals surface area (Å²) in [5.41, 5.74) is 6.82. The van der Waals surface area contributed by atoms with Gasteiger partial charge in [-0.2, -0.15) is 4.79 Å². The zero-order valence-electron chi connectivity index (χ0n) is 16.5. The summed E-state index contributed by atoms with van der Waals surface area (Å²) >= 11 is 0. The average molecular weight is 357 g/mol. The fourth-order valence-electron chi connectivity index (χ4n) is 2.56. The van der Waals surface area contributed by atoms with Gasteiger partial charge in [0, 0.05) is 10.7 Å². The van der Waals surface area contributed by atoms with Gasteiger partial charge in [-0.1, -0.05) is 5.43 Å². The van der Waals surface area contributed by atoms with E-state index in [1.54, 1.807) is 41.5 Å². The molecule has 8 heteroatoms. The lowest BCUT2D eigenvalue weighted by Gasteiger charge is -2.31. The molecule has 144 valence electrons. The standard InChI is InChI=1S/C17H32N4O4/c1-15(2,3)24-13(22)20-21(14(23)25-16(4,5)6)19-12-9-8-10-17(7,18)11-12/h12H,8-11,18H2,1-7H3/p+1/t12-,17-/m1/s1. The molecule has 2 amide bonds. The summed E-state index contributed by atoms with van der Waals surface area (Å²) in [5.74, 6) is 0. The molecule has 2 atom stereocenters. The fourth-order valence-corrected chi connectivity index (χ4v) is 2.56. The Morgan fingerprint density at radius 2 is 1.72 bits per heavy atom. The van der Waals surface area contributed by atoms with Gasteiger partial charge >= 0.3 is 12.2 Å². The molecule has 0 saturated heterocycles. The highest BCUT2D eigenvalue weighted by molar-refractivity contribution is 5.68. The first-order valence-corrected chi connectivity index (χ1v) is 8.69. The van der Waals surface area contributed by atoms with Crippen LogP contribution in [0.2, 0.25) is 0 Å². The molecule has 0 aromatic heterocycles. The van der Waals surface area contributed by atoms with E-state index in [2.05, 4.69) is 10.5 Å². The second kappa shape index (κ2) is 7.68. The van der Waals surface area contributed by atoms with Gasteiger partial charge in [0.25, 0.3) is 0 Å². The number of carbonyl (C=O) groups is 2. The summed E-state index contributed by atoms with van der Waals surface area (Å²) in [6.07, 6.45) is 1.71. The van der Waals surface area contributed by atoms with Crippen molar-refractivity contribution in [2.45, 2.75) is 96.9 Å². The number of carbonyl (C=O) groups excluding carboxylic acids is 2. The summed E-state index contributed by atoms with van der Waals surface area (Å²) in [6.45, 7) is 12.4. The lowest BCUT2D eigenvalue weighted by Crippen LogP contribution is -2.46. The second-order valence-corrected chi connectivity index (χ2v) is 8.93. The maximum atomic E-state index is 12.4. The number of nitrogens with two attached hydrogens (primary N) is 1. The molecule has 3 N–H and O–H groups in total. The number of hydrogen-bond donors (Lipinski definition) is 2. The summed E-state index contributed by atoms with van der Waals surface area (Å²) in [5, 5.41) is 4.35. The molecule has 1 aliphatic carbocycles. The topological polar surface area (TPSA) is 106 Å². The molecule has 1 rings (SSSR count). The van der Waals surface area contributed by atoms with Crippen LogP contribution in [0.15, 0.2) is 5.11 Å². The van der Waals surface area contributed by atoms with Crippen molar-refractivity contribution in [3.63, 3.8) is 0 Å². The zero-order chi connectivity index (χ0) is 19.5. The molecule has 1 aliphatic rings. The van der Waals surface area contributed by atoms with E-state index in [4.69, 9.17) is 15.2 Å². The van der Waals surface area contributed by atoms with Crippen LogP contribution in [0, 0.1) is 0 Å². The molecule has 0 radical (unpaired) electrons. The first-order chi connectivity index (χ1) is 11.2. The van der Waals surface area contributed by atoms with Gasteiger partial charge in [-0.15, -0.1) is 0 Å². The molecule has 8 nitrogen and oxygen atoms in total. The van der Waals surface area contributed by atoms with E-state index < -0.39 is 23.4 Å². The lowest BCUT2D eigenvalue weighted by molar-refractivity contribution is -0.567. The van der Waals surface area contributed by atoms with Crippen molar-refractivity contribution < 1.29 is 23.9 Å². The van der Waals surface area contributed by atoms with Crippen LogP contribution >= 0.6 is 0 Å². The highest BCUT2D eigenvalue weighted by atomic mass is 16.6. The van der Waals surface area contributed by atoms with Crippen molar-refractivity contribution in [3.8, 4) is 0 Å². The monoisotopic (exact) mass is 357 g/mol. The molecule has 0 heterocycles. The van der Waals surface area contributed by atoms with Crippen molar-refractivity contribution in [2.75, 3.05) is 0 Å². The van der Waals surface area contributed by atoms with Gasteiger partial charge in [0.1, 0.15) is 22.1 Å². The molecule has 0 bridgehead atoms. The van der Waals surface area contributed by atoms with Crippen LogP contribution in [0.25, 0.3) is 0 Å². The molecule has 0 aromatic carbocycles. The van der Waals surface area contributed by atoms with Gasteiger partial charge in [-0.3, -0.25) is 0 Å². The molecule has 0 unspecified atom stereocenters. The zero-order valence-corrected chi connectivity index (χ0v) is 16.5. The van der Waals surface area contributed by atoms with Crippen LogP contribution in [0.5, 0.6) is 0 Å². The van der Waals surface area contributed by atoms with E-state index in [-0.39, 0.29) is 11.6 Å². The normalized spacial score (nSPS) is 25.3. The first kappa shape index (κ1) is 21.3. The van der Waals surface area contributed by atoms with E-state index in [9.17, 15) is 9.59 Å². The van der Waals surface area contributed by atoms with Crippen molar-refractivity contribution in [1.82, 2.24) is 5.43 Å². The van der Waals surface area contributed by atoms with Crippen molar-refractivity contribution in [1.29, 1.82) is 0 Å². The predicted molar refractivity (Wildman–Crippen MR) is 93.1 cm³/mol. The summed E-state index contributed by atoms with van der Waals surface area (Å²) < 4.78 is 10.5. The van der Waals surface area contributed by atoms with Gasteiger partial charge in [0.05, 0.1) is 0 Å². The molecule has 1 fully saturated rings. The summed E-state index contributed by atoms with van der Waals surface area (Å²) in [4.78, 5) is 25.3. The highest BCUT2D eigenvalue weighted by Gasteiger charge is 2.36. The van der Waals surface area contributed by atoms with Gasteiger partial charge in [-0.25, -0.2) is 4.79 Å². The Morgan fingerprint density at radius 3 is 2.20 bits per heavy atom. The van der Waals surface area contributed by atoms with Crippen LogP contribution in [-0.4, -0.2) is 39.8 Å². The Kier molecular flexibility index (Phi) is 6.55. The smallest absolute Gasteiger partial charge is 0.440 e. The van der Waals surface area contributed by atoms with E-state index in [1.165, 1.54) is 0 Å². The Balaban J connectivity index is 2.96. The van der Waals surface area contributed by atoms with E-state index in [0.29, 0.717) is 6.42 Å². The third-order valence-electron chi connectivity index (χ3n) is 3.43. The number of azo groups is 1. The lowest BCUT2D eigenvalue weighted by atomic mass is 9.82. The largest absolute Gasteiger partial charge is 0.653 e. The number of nitrogens with one attached hydrogen (secondary N) is 1. The third-order valence-corrected chi connectivity index (χ3v) is 3.43. The third kappa shape index (κ3) is 8.81. The quantitative estimate of drug-likeness (QED) is 0.424. The maximum absolute atomic E-state index is 12.4. The molecule has 0 spiro atoms. The number of ether oxygens (including phenoxy) is 2. The van der Waals surface area contributed by atoms with Gasteiger partial charge < -0.3 is 15.2 Å². The Labute approximate surface area is 150 Å². The Morgan fingerprint density at radius 1 is 1.16 bits per heavy atom. The Hall–Kier alpha value is -1.70. The van der Waals surface area contributed by atoms with Crippen LogP contribution in [0.1, 0.15) is 74.1 Å². The van der Waals surface area contributed by atoms with Crippen LogP contribution in [-0.2, 0) is 9.47 Å². The van der Waals surface area contributed by atoms with Crippen molar-refractivity contribution in [2.24, 2.45) is 10.8 Å². The molecular weight excluding hydrogens is 324 g/mol. The van der Waals surface area contributed by atoms with E-state index in [0.717, 1.165) is 24.1 Å². The van der Waals surface area contributed by atoms with Crippen molar-refractivity contribution in [3.05, 3.63) is 0 Å². The number of nitrogens with zero attached hydrogens (tertiary/aromatic N) is 2. The van der Waals surface area contributed by atoms with Crippen LogP contribution in [0.3, 0.4) is 0 Å². The van der Waals surface area contributed by atoms with Gasteiger partial charge in [0.2, 0.25) is 0 Å². The number of hydrogen-bond acceptors (Lipinski definition) is 6. The minimum absolute atomic E-state index is 0.175. The minimum Gasteiger partial charge on any atom is -0.440 e.